The lowest BCUT2D eigenvalue weighted by molar-refractivity contribution is -0.141. The normalized spacial score (nSPS) is 18.9. The van der Waals surface area contributed by atoms with Crippen LogP contribution in [-0.4, -0.2) is 42.3 Å². The standard InChI is InChI=1S/C26H30N2O5/c29-24(28-18-13-12-17(15-18)25(30)31)11-5-6-14-27-26(32)33-16-23-21-9-3-1-7-19(21)20-8-2-4-10-22(20)23/h1-4,7-10,17-18,23H,5-6,11-16H2,(H,27,32)(H,28,29)(H,30,31)/t17-,18+/m1/s1. The number of rotatable bonds is 9. The highest BCUT2D eigenvalue weighted by molar-refractivity contribution is 5.79. The van der Waals surface area contributed by atoms with E-state index in [-0.39, 0.29) is 30.4 Å². The molecule has 0 heterocycles. The Morgan fingerprint density at radius 1 is 0.939 bits per heavy atom. The third kappa shape index (κ3) is 5.53. The van der Waals surface area contributed by atoms with Gasteiger partial charge in [-0.05, 0) is 54.4 Å². The maximum atomic E-state index is 12.2. The number of amides is 2. The highest BCUT2D eigenvalue weighted by Crippen LogP contribution is 2.44. The molecule has 3 N–H and O–H groups in total. The van der Waals surface area contributed by atoms with Crippen molar-refractivity contribution in [3.05, 3.63) is 59.7 Å². The molecular formula is C26H30N2O5. The molecule has 0 bridgehead atoms. The Morgan fingerprint density at radius 2 is 1.61 bits per heavy atom. The summed E-state index contributed by atoms with van der Waals surface area (Å²) in [6.45, 7) is 0.718. The fourth-order valence-corrected chi connectivity index (χ4v) is 4.89. The van der Waals surface area contributed by atoms with Crippen LogP contribution in [0, 0.1) is 5.92 Å². The van der Waals surface area contributed by atoms with Gasteiger partial charge in [0.25, 0.3) is 0 Å². The average molecular weight is 451 g/mol. The summed E-state index contributed by atoms with van der Waals surface area (Å²) in [6.07, 6.45) is 3.05. The molecule has 0 unspecified atom stereocenters. The Morgan fingerprint density at radius 3 is 2.24 bits per heavy atom. The molecule has 2 aromatic rings. The zero-order valence-electron chi connectivity index (χ0n) is 18.6. The molecule has 2 aliphatic carbocycles. The Bertz CT molecular complexity index is 976. The van der Waals surface area contributed by atoms with Crippen LogP contribution in [0.2, 0.25) is 0 Å². The summed E-state index contributed by atoms with van der Waals surface area (Å²) in [5, 5.41) is 14.7. The van der Waals surface area contributed by atoms with E-state index < -0.39 is 12.1 Å². The Hall–Kier alpha value is -3.35. The molecule has 0 aromatic heterocycles. The quantitative estimate of drug-likeness (QED) is 0.500. The van der Waals surface area contributed by atoms with Crippen LogP contribution in [-0.2, 0) is 14.3 Å². The number of nitrogens with one attached hydrogen (secondary N) is 2. The van der Waals surface area contributed by atoms with Crippen LogP contribution in [0.1, 0.15) is 55.6 Å². The van der Waals surface area contributed by atoms with E-state index in [9.17, 15) is 14.4 Å². The molecule has 2 aromatic carbocycles. The van der Waals surface area contributed by atoms with Gasteiger partial charge in [-0.25, -0.2) is 4.79 Å². The fourth-order valence-electron chi connectivity index (χ4n) is 4.89. The first kappa shape index (κ1) is 22.8. The van der Waals surface area contributed by atoms with Gasteiger partial charge < -0.3 is 20.5 Å². The van der Waals surface area contributed by atoms with Crippen LogP contribution >= 0.6 is 0 Å². The number of fused-ring (bicyclic) bond motifs is 3. The molecule has 1 saturated carbocycles. The number of carboxylic acid groups (broad SMARTS) is 1. The summed E-state index contributed by atoms with van der Waals surface area (Å²) in [7, 11) is 0. The molecule has 7 heteroatoms. The summed E-state index contributed by atoms with van der Waals surface area (Å²) in [5.74, 6) is -1.17. The summed E-state index contributed by atoms with van der Waals surface area (Å²) in [5.41, 5.74) is 4.73. The average Bonchev–Trinajstić information content (AvgIpc) is 3.40. The van der Waals surface area contributed by atoms with Crippen LogP contribution in [0.3, 0.4) is 0 Å². The van der Waals surface area contributed by atoms with Gasteiger partial charge in [0.05, 0.1) is 5.92 Å². The monoisotopic (exact) mass is 450 g/mol. The van der Waals surface area contributed by atoms with Gasteiger partial charge in [0.15, 0.2) is 0 Å². The summed E-state index contributed by atoms with van der Waals surface area (Å²) < 4.78 is 5.51. The SMILES string of the molecule is O=C(CCCCNC(=O)OCC1c2ccccc2-c2ccccc21)N[C@H]1CC[C@@H](C(=O)O)C1. The Kier molecular flexibility index (Phi) is 7.27. The second kappa shape index (κ2) is 10.5. The minimum Gasteiger partial charge on any atom is -0.481 e. The molecule has 4 rings (SSSR count). The van der Waals surface area contributed by atoms with Crippen molar-refractivity contribution in [2.45, 2.75) is 50.5 Å². The number of unbranched alkanes of at least 4 members (excludes halogenated alkanes) is 1. The van der Waals surface area contributed by atoms with E-state index in [0.29, 0.717) is 45.1 Å². The minimum absolute atomic E-state index is 0.0307. The van der Waals surface area contributed by atoms with E-state index in [0.717, 1.165) is 0 Å². The summed E-state index contributed by atoms with van der Waals surface area (Å²) >= 11 is 0. The first-order chi connectivity index (χ1) is 16.0. The number of aliphatic carboxylic acids is 1. The van der Waals surface area contributed by atoms with E-state index in [1.54, 1.807) is 0 Å². The molecule has 1 fully saturated rings. The van der Waals surface area contributed by atoms with Crippen molar-refractivity contribution < 1.29 is 24.2 Å². The van der Waals surface area contributed by atoms with Crippen molar-refractivity contribution >= 4 is 18.0 Å². The fraction of sp³-hybridized carbons (Fsp3) is 0.423. The zero-order chi connectivity index (χ0) is 23.2. The predicted octanol–water partition coefficient (Wildman–Crippen LogP) is 4.06. The highest BCUT2D eigenvalue weighted by atomic mass is 16.5. The Labute approximate surface area is 193 Å². The minimum atomic E-state index is -0.786. The molecule has 2 atom stereocenters. The topological polar surface area (TPSA) is 105 Å². The first-order valence-corrected chi connectivity index (χ1v) is 11.6. The number of carbonyl (C=O) groups excluding carboxylic acids is 2. The number of benzene rings is 2. The smallest absolute Gasteiger partial charge is 0.407 e. The van der Waals surface area contributed by atoms with Crippen LogP contribution in [0.25, 0.3) is 11.1 Å². The lowest BCUT2D eigenvalue weighted by Crippen LogP contribution is -2.33. The number of carboxylic acids is 1. The molecule has 2 amide bonds. The number of ether oxygens (including phenoxy) is 1. The van der Waals surface area contributed by atoms with E-state index >= 15 is 0 Å². The van der Waals surface area contributed by atoms with Gasteiger partial charge in [-0.1, -0.05) is 48.5 Å². The van der Waals surface area contributed by atoms with Gasteiger partial charge in [-0.2, -0.15) is 0 Å². The van der Waals surface area contributed by atoms with Crippen molar-refractivity contribution in [3.63, 3.8) is 0 Å². The van der Waals surface area contributed by atoms with Crippen molar-refractivity contribution in [2.24, 2.45) is 5.92 Å². The second-order valence-electron chi connectivity index (χ2n) is 8.82. The van der Waals surface area contributed by atoms with E-state index in [4.69, 9.17) is 9.84 Å². The van der Waals surface area contributed by atoms with Crippen LogP contribution in [0.15, 0.2) is 48.5 Å². The third-order valence-corrected chi connectivity index (χ3v) is 6.59. The number of hydrogen-bond acceptors (Lipinski definition) is 4. The Balaban J connectivity index is 1.13. The van der Waals surface area contributed by atoms with Gasteiger partial charge in [-0.3, -0.25) is 9.59 Å². The van der Waals surface area contributed by atoms with Gasteiger partial charge >= 0.3 is 12.1 Å². The maximum absolute atomic E-state index is 12.2. The molecule has 33 heavy (non-hydrogen) atoms. The summed E-state index contributed by atoms with van der Waals surface area (Å²) in [6, 6.07) is 16.4. The van der Waals surface area contributed by atoms with Crippen molar-refractivity contribution in [1.29, 1.82) is 0 Å². The lowest BCUT2D eigenvalue weighted by atomic mass is 9.98. The summed E-state index contributed by atoms with van der Waals surface area (Å²) in [4.78, 5) is 35.2. The van der Waals surface area contributed by atoms with E-state index in [1.807, 2.05) is 24.3 Å². The first-order valence-electron chi connectivity index (χ1n) is 11.6. The van der Waals surface area contributed by atoms with Crippen molar-refractivity contribution in [1.82, 2.24) is 10.6 Å². The van der Waals surface area contributed by atoms with Crippen molar-refractivity contribution in [2.75, 3.05) is 13.2 Å². The van der Waals surface area contributed by atoms with Crippen LogP contribution < -0.4 is 10.6 Å². The molecule has 0 aliphatic heterocycles. The lowest BCUT2D eigenvalue weighted by Gasteiger charge is -2.14. The number of alkyl carbamates (subject to hydrolysis) is 1. The van der Waals surface area contributed by atoms with Gasteiger partial charge in [0, 0.05) is 24.9 Å². The highest BCUT2D eigenvalue weighted by Gasteiger charge is 2.30. The van der Waals surface area contributed by atoms with E-state index in [1.165, 1.54) is 22.3 Å². The number of hydrogen-bond donors (Lipinski definition) is 3. The van der Waals surface area contributed by atoms with Gasteiger partial charge in [0.1, 0.15) is 6.61 Å². The largest absolute Gasteiger partial charge is 0.481 e. The van der Waals surface area contributed by atoms with Gasteiger partial charge in [0.2, 0.25) is 5.91 Å². The van der Waals surface area contributed by atoms with Crippen molar-refractivity contribution in [3.8, 4) is 11.1 Å². The molecule has 0 spiro atoms. The third-order valence-electron chi connectivity index (χ3n) is 6.59. The maximum Gasteiger partial charge on any atom is 0.407 e. The van der Waals surface area contributed by atoms with E-state index in [2.05, 4.69) is 34.9 Å². The second-order valence-corrected chi connectivity index (χ2v) is 8.82. The molecule has 2 aliphatic rings. The molecule has 174 valence electrons. The molecular weight excluding hydrogens is 420 g/mol. The molecule has 0 radical (unpaired) electrons. The molecule has 7 nitrogen and oxygen atoms in total. The molecule has 0 saturated heterocycles. The predicted molar refractivity (Wildman–Crippen MR) is 124 cm³/mol. The number of carbonyl (C=O) groups is 3. The van der Waals surface area contributed by atoms with Crippen LogP contribution in [0.4, 0.5) is 4.79 Å². The zero-order valence-corrected chi connectivity index (χ0v) is 18.6. The van der Waals surface area contributed by atoms with Gasteiger partial charge in [-0.15, -0.1) is 0 Å². The van der Waals surface area contributed by atoms with Crippen LogP contribution in [0.5, 0.6) is 0 Å².